The lowest BCUT2D eigenvalue weighted by Gasteiger charge is -2.13. The van der Waals surface area contributed by atoms with Crippen LogP contribution in [-0.4, -0.2) is 33.0 Å². The van der Waals surface area contributed by atoms with Gasteiger partial charge in [-0.2, -0.15) is 11.8 Å². The van der Waals surface area contributed by atoms with E-state index in [1.807, 2.05) is 6.26 Å². The number of rotatable bonds is 6. The normalized spacial score (nSPS) is 12.6. The molecule has 0 aromatic heterocycles. The van der Waals surface area contributed by atoms with E-state index in [0.717, 1.165) is 11.8 Å². The minimum Gasteiger partial charge on any atom is -0.320 e. The summed E-state index contributed by atoms with van der Waals surface area (Å²) >= 11 is 1.64. The quantitative estimate of drug-likeness (QED) is 0.777. The molecule has 0 heterocycles. The van der Waals surface area contributed by atoms with Crippen LogP contribution in [0.15, 0.2) is 23.1 Å². The first-order chi connectivity index (χ1) is 9.90. The number of hydrogen-bond acceptors (Lipinski definition) is 4. The van der Waals surface area contributed by atoms with Crippen LogP contribution in [0.3, 0.4) is 0 Å². The summed E-state index contributed by atoms with van der Waals surface area (Å²) in [4.78, 5) is -0.102. The van der Waals surface area contributed by atoms with Crippen LogP contribution in [0.4, 0.5) is 4.39 Å². The Balaban J connectivity index is 2.91. The van der Waals surface area contributed by atoms with Gasteiger partial charge in [-0.1, -0.05) is 11.8 Å². The molecular weight excluding hydrogens is 311 g/mol. The Morgan fingerprint density at radius 2 is 2.19 bits per heavy atom. The van der Waals surface area contributed by atoms with Gasteiger partial charge in [0.15, 0.2) is 0 Å². The Morgan fingerprint density at radius 3 is 2.76 bits per heavy atom. The zero-order chi connectivity index (χ0) is 15.9. The summed E-state index contributed by atoms with van der Waals surface area (Å²) in [5.74, 6) is 5.26. The highest BCUT2D eigenvalue weighted by molar-refractivity contribution is 7.98. The van der Waals surface area contributed by atoms with Crippen LogP contribution in [0.25, 0.3) is 0 Å². The van der Waals surface area contributed by atoms with Gasteiger partial charge in [-0.3, -0.25) is 0 Å². The molecule has 0 radical (unpaired) electrons. The van der Waals surface area contributed by atoms with Gasteiger partial charge < -0.3 is 5.73 Å². The van der Waals surface area contributed by atoms with E-state index in [2.05, 4.69) is 16.6 Å². The van der Waals surface area contributed by atoms with Gasteiger partial charge in [0.1, 0.15) is 5.82 Å². The van der Waals surface area contributed by atoms with E-state index in [0.29, 0.717) is 6.42 Å². The topological polar surface area (TPSA) is 72.2 Å². The van der Waals surface area contributed by atoms with E-state index in [1.165, 1.54) is 12.1 Å². The Labute approximate surface area is 129 Å². The maximum atomic E-state index is 13.8. The largest absolute Gasteiger partial charge is 0.320 e. The van der Waals surface area contributed by atoms with E-state index >= 15 is 0 Å². The standard InChI is InChI=1S/C14H19FN2O2S2/c1-11(7-9-20-2)17-21(18,19)13-6-5-12(4-3-8-16)14(15)10-13/h5-6,10-11,17H,7-9,16H2,1-2H3. The third kappa shape index (κ3) is 5.67. The highest BCUT2D eigenvalue weighted by Crippen LogP contribution is 2.15. The molecule has 0 aliphatic heterocycles. The minimum atomic E-state index is -3.72. The molecule has 0 aliphatic rings. The van der Waals surface area contributed by atoms with Crippen molar-refractivity contribution in [3.63, 3.8) is 0 Å². The molecule has 0 spiro atoms. The van der Waals surface area contributed by atoms with Gasteiger partial charge in [-0.25, -0.2) is 17.5 Å². The molecule has 0 fully saturated rings. The monoisotopic (exact) mass is 330 g/mol. The number of thioether (sulfide) groups is 1. The molecule has 0 amide bonds. The summed E-state index contributed by atoms with van der Waals surface area (Å²) in [7, 11) is -3.72. The summed E-state index contributed by atoms with van der Waals surface area (Å²) in [6.07, 6.45) is 2.67. The molecular formula is C14H19FN2O2S2. The molecule has 1 aromatic rings. The highest BCUT2D eigenvalue weighted by atomic mass is 32.2. The van der Waals surface area contributed by atoms with Crippen LogP contribution in [0.5, 0.6) is 0 Å². The third-order valence-electron chi connectivity index (χ3n) is 2.69. The molecule has 7 heteroatoms. The van der Waals surface area contributed by atoms with Crippen molar-refractivity contribution < 1.29 is 12.8 Å². The van der Waals surface area contributed by atoms with Crippen LogP contribution in [-0.2, 0) is 10.0 Å². The number of hydrogen-bond donors (Lipinski definition) is 2. The first-order valence-corrected chi connectivity index (χ1v) is 9.28. The summed E-state index contributed by atoms with van der Waals surface area (Å²) in [6.45, 7) is 1.90. The van der Waals surface area contributed by atoms with Crippen LogP contribution < -0.4 is 10.5 Å². The second-order valence-corrected chi connectivity index (χ2v) is 7.15. The Hall–Kier alpha value is -1.07. The smallest absolute Gasteiger partial charge is 0.240 e. The van der Waals surface area contributed by atoms with Crippen molar-refractivity contribution in [1.82, 2.24) is 4.72 Å². The predicted octanol–water partition coefficient (Wildman–Crippen LogP) is 1.56. The van der Waals surface area contributed by atoms with Gasteiger partial charge in [-0.15, -0.1) is 0 Å². The summed E-state index contributed by atoms with van der Waals surface area (Å²) in [6, 6.07) is 3.46. The van der Waals surface area contributed by atoms with Crippen molar-refractivity contribution in [3.05, 3.63) is 29.6 Å². The lowest BCUT2D eigenvalue weighted by molar-refractivity contribution is 0.554. The van der Waals surface area contributed by atoms with Crippen molar-refractivity contribution in [2.24, 2.45) is 5.73 Å². The molecule has 21 heavy (non-hydrogen) atoms. The van der Waals surface area contributed by atoms with Gasteiger partial charge >= 0.3 is 0 Å². The molecule has 1 atom stereocenters. The number of nitrogens with two attached hydrogens (primary N) is 1. The SMILES string of the molecule is CSCCC(C)NS(=O)(=O)c1ccc(C#CCN)c(F)c1. The predicted molar refractivity (Wildman–Crippen MR) is 85.1 cm³/mol. The molecule has 1 unspecified atom stereocenters. The fourth-order valence-electron chi connectivity index (χ4n) is 1.60. The fraction of sp³-hybridized carbons (Fsp3) is 0.429. The van der Waals surface area contributed by atoms with Gasteiger partial charge in [0.05, 0.1) is 17.0 Å². The summed E-state index contributed by atoms with van der Waals surface area (Å²) in [5, 5.41) is 0. The zero-order valence-electron chi connectivity index (χ0n) is 12.0. The average molecular weight is 330 g/mol. The molecule has 4 nitrogen and oxygen atoms in total. The second kappa shape index (κ2) is 8.39. The Morgan fingerprint density at radius 1 is 1.48 bits per heavy atom. The van der Waals surface area contributed by atoms with E-state index in [-0.39, 0.29) is 23.0 Å². The lowest BCUT2D eigenvalue weighted by Crippen LogP contribution is -2.33. The third-order valence-corrected chi connectivity index (χ3v) is 4.92. The van der Waals surface area contributed by atoms with Gasteiger partial charge in [-0.05, 0) is 43.6 Å². The molecule has 0 saturated heterocycles. The number of halogens is 1. The van der Waals surface area contributed by atoms with Crippen molar-refractivity contribution in [2.75, 3.05) is 18.6 Å². The van der Waals surface area contributed by atoms with Crippen LogP contribution in [0, 0.1) is 17.7 Å². The highest BCUT2D eigenvalue weighted by Gasteiger charge is 2.18. The first kappa shape index (κ1) is 18.0. The number of sulfonamides is 1. The van der Waals surface area contributed by atoms with Crippen LogP contribution >= 0.6 is 11.8 Å². The van der Waals surface area contributed by atoms with Crippen LogP contribution in [0.1, 0.15) is 18.9 Å². The molecule has 0 aliphatic carbocycles. The van der Waals surface area contributed by atoms with Crippen molar-refractivity contribution in [1.29, 1.82) is 0 Å². The molecule has 0 bridgehead atoms. The molecule has 116 valence electrons. The van der Waals surface area contributed by atoms with Crippen molar-refractivity contribution in [2.45, 2.75) is 24.3 Å². The molecule has 1 aromatic carbocycles. The molecule has 0 saturated carbocycles. The van der Waals surface area contributed by atoms with E-state index < -0.39 is 15.8 Å². The van der Waals surface area contributed by atoms with Gasteiger partial charge in [0, 0.05) is 6.04 Å². The maximum Gasteiger partial charge on any atom is 0.240 e. The Bertz CT molecular complexity index is 636. The van der Waals surface area contributed by atoms with E-state index in [4.69, 9.17) is 5.73 Å². The first-order valence-electron chi connectivity index (χ1n) is 6.40. The minimum absolute atomic E-state index is 0.102. The van der Waals surface area contributed by atoms with Gasteiger partial charge in [0.25, 0.3) is 0 Å². The molecule has 1 rings (SSSR count). The number of nitrogens with one attached hydrogen (secondary N) is 1. The lowest BCUT2D eigenvalue weighted by atomic mass is 10.2. The summed E-state index contributed by atoms with van der Waals surface area (Å²) < 4.78 is 40.6. The Kier molecular flexibility index (Phi) is 7.18. The van der Waals surface area contributed by atoms with E-state index in [1.54, 1.807) is 18.7 Å². The van der Waals surface area contributed by atoms with E-state index in [9.17, 15) is 12.8 Å². The fourth-order valence-corrected chi connectivity index (χ4v) is 3.48. The average Bonchev–Trinajstić information content (AvgIpc) is 2.43. The maximum absolute atomic E-state index is 13.8. The number of benzene rings is 1. The van der Waals surface area contributed by atoms with Crippen molar-refractivity contribution >= 4 is 21.8 Å². The van der Waals surface area contributed by atoms with Crippen LogP contribution in [0.2, 0.25) is 0 Å². The van der Waals surface area contributed by atoms with Gasteiger partial charge in [0.2, 0.25) is 10.0 Å². The molecule has 3 N–H and O–H groups in total. The zero-order valence-corrected chi connectivity index (χ0v) is 13.7. The van der Waals surface area contributed by atoms with Crippen molar-refractivity contribution in [3.8, 4) is 11.8 Å². The summed E-state index contributed by atoms with van der Waals surface area (Å²) in [5.41, 5.74) is 5.35. The second-order valence-electron chi connectivity index (χ2n) is 4.45.